The number of aromatic hydroxyl groups is 1. The zero-order valence-corrected chi connectivity index (χ0v) is 19.0. The molecular formula is C26H25N3O5. The summed E-state index contributed by atoms with van der Waals surface area (Å²) in [6.07, 6.45) is 4.81. The van der Waals surface area contributed by atoms with Gasteiger partial charge in [0.25, 0.3) is 0 Å². The van der Waals surface area contributed by atoms with Crippen LogP contribution in [0.15, 0.2) is 59.5 Å². The molecule has 1 N–H and O–H groups in total. The number of benzene rings is 2. The van der Waals surface area contributed by atoms with E-state index in [1.165, 1.54) is 13.4 Å². The average Bonchev–Trinajstić information content (AvgIpc) is 3.32. The molecule has 1 atom stereocenters. The number of piperazine rings is 1. The molecule has 174 valence electrons. The maximum absolute atomic E-state index is 12.7. The van der Waals surface area contributed by atoms with Crippen LogP contribution in [0.5, 0.6) is 5.75 Å². The van der Waals surface area contributed by atoms with Gasteiger partial charge in [0.1, 0.15) is 23.2 Å². The number of carbonyl (C=O) groups is 2. The number of rotatable bonds is 4. The smallest absolute Gasteiger partial charge is 0.341 e. The summed E-state index contributed by atoms with van der Waals surface area (Å²) in [5, 5.41) is 13.5. The Kier molecular flexibility index (Phi) is 5.67. The molecule has 1 unspecified atom stereocenters. The molecule has 4 aromatic rings. The molecule has 1 aliphatic rings. The molecule has 5 rings (SSSR count). The van der Waals surface area contributed by atoms with E-state index in [2.05, 4.69) is 9.88 Å². The third-order valence-electron chi connectivity index (χ3n) is 6.57. The Hall–Kier alpha value is -3.91. The molecule has 2 aromatic carbocycles. The fourth-order valence-corrected chi connectivity index (χ4v) is 4.90. The third-order valence-corrected chi connectivity index (χ3v) is 6.57. The molecule has 0 saturated carbocycles. The molecule has 2 aromatic heterocycles. The van der Waals surface area contributed by atoms with E-state index in [0.29, 0.717) is 53.5 Å². The number of aromatic nitrogens is 1. The molecule has 34 heavy (non-hydrogen) atoms. The van der Waals surface area contributed by atoms with Gasteiger partial charge in [-0.05, 0) is 17.7 Å². The molecule has 8 nitrogen and oxygen atoms in total. The summed E-state index contributed by atoms with van der Waals surface area (Å²) in [6.45, 7) is 3.92. The van der Waals surface area contributed by atoms with Gasteiger partial charge in [0.15, 0.2) is 0 Å². The van der Waals surface area contributed by atoms with Crippen molar-refractivity contribution in [1.29, 1.82) is 0 Å². The van der Waals surface area contributed by atoms with Crippen LogP contribution in [0.2, 0.25) is 0 Å². The molecular weight excluding hydrogens is 434 g/mol. The first-order valence-electron chi connectivity index (χ1n) is 11.1. The zero-order valence-electron chi connectivity index (χ0n) is 19.0. The Morgan fingerprint density at radius 1 is 1.06 bits per heavy atom. The summed E-state index contributed by atoms with van der Waals surface area (Å²) in [7, 11) is 1.32. The van der Waals surface area contributed by atoms with Crippen molar-refractivity contribution in [3.63, 3.8) is 0 Å². The number of phenolic OH excluding ortho intramolecular Hbond substituents is 1. The van der Waals surface area contributed by atoms with Gasteiger partial charge in [-0.1, -0.05) is 24.3 Å². The van der Waals surface area contributed by atoms with Crippen LogP contribution in [0.25, 0.3) is 21.7 Å². The van der Waals surface area contributed by atoms with E-state index in [-0.39, 0.29) is 17.2 Å². The lowest BCUT2D eigenvalue weighted by Gasteiger charge is -2.40. The van der Waals surface area contributed by atoms with E-state index in [1.807, 2.05) is 41.3 Å². The van der Waals surface area contributed by atoms with Gasteiger partial charge in [-0.3, -0.25) is 14.7 Å². The number of fused-ring (bicyclic) bond motifs is 3. The first-order chi connectivity index (χ1) is 16.5. The van der Waals surface area contributed by atoms with Crippen molar-refractivity contribution < 1.29 is 23.8 Å². The van der Waals surface area contributed by atoms with Gasteiger partial charge in [0.05, 0.1) is 13.2 Å². The molecule has 0 bridgehead atoms. The second-order valence-electron chi connectivity index (χ2n) is 8.38. The highest BCUT2D eigenvalue weighted by Gasteiger charge is 2.34. The fraction of sp³-hybridized carbons (Fsp3) is 0.269. The lowest BCUT2D eigenvalue weighted by Crippen LogP contribution is -2.49. The van der Waals surface area contributed by atoms with E-state index in [4.69, 9.17) is 9.15 Å². The lowest BCUT2D eigenvalue weighted by atomic mass is 9.89. The first-order valence-corrected chi connectivity index (χ1v) is 11.1. The number of phenols is 1. The van der Waals surface area contributed by atoms with Crippen molar-refractivity contribution in [2.24, 2.45) is 0 Å². The predicted molar refractivity (Wildman–Crippen MR) is 127 cm³/mol. The van der Waals surface area contributed by atoms with Crippen LogP contribution in [-0.2, 0) is 9.53 Å². The maximum atomic E-state index is 12.7. The van der Waals surface area contributed by atoms with Crippen molar-refractivity contribution in [2.75, 3.05) is 33.3 Å². The number of amides is 1. The van der Waals surface area contributed by atoms with E-state index in [0.717, 1.165) is 5.56 Å². The lowest BCUT2D eigenvalue weighted by molar-refractivity contribution is -0.130. The van der Waals surface area contributed by atoms with Crippen molar-refractivity contribution >= 4 is 33.6 Å². The van der Waals surface area contributed by atoms with Gasteiger partial charge < -0.3 is 19.2 Å². The van der Waals surface area contributed by atoms with Gasteiger partial charge in [-0.15, -0.1) is 0 Å². The minimum absolute atomic E-state index is 0.0406. The van der Waals surface area contributed by atoms with Crippen LogP contribution in [0.4, 0.5) is 0 Å². The molecule has 1 amide bonds. The summed E-state index contributed by atoms with van der Waals surface area (Å²) in [5.74, 6) is -0.408. The highest BCUT2D eigenvalue weighted by atomic mass is 16.5. The number of furan rings is 1. The van der Waals surface area contributed by atoms with Gasteiger partial charge in [0.2, 0.25) is 5.91 Å². The summed E-state index contributed by atoms with van der Waals surface area (Å²) >= 11 is 0. The van der Waals surface area contributed by atoms with Crippen LogP contribution in [-0.4, -0.2) is 65.1 Å². The standard InChI is InChI=1S/C26H25N3O5/c1-16(30)28-11-13-29(14-12-28)23(17-7-9-27-10-8-17)22-21-20(26(32)33-2)15-34-25(21)19-6-4-3-5-18(19)24(22)31/h3-10,15,23,31H,11-14H2,1-2H3. The van der Waals surface area contributed by atoms with Gasteiger partial charge in [-0.25, -0.2) is 4.79 Å². The zero-order chi connectivity index (χ0) is 23.8. The van der Waals surface area contributed by atoms with E-state index < -0.39 is 12.0 Å². The van der Waals surface area contributed by atoms with Gasteiger partial charge in [0, 0.05) is 67.2 Å². The largest absolute Gasteiger partial charge is 0.507 e. The molecule has 0 aliphatic carbocycles. The van der Waals surface area contributed by atoms with Crippen LogP contribution in [0.3, 0.4) is 0 Å². The number of carbonyl (C=O) groups excluding carboxylic acids is 2. The SMILES string of the molecule is COC(=O)c1coc2c1c(C(c1ccncc1)N1CCN(C(C)=O)CC1)c(O)c1ccccc12. The van der Waals surface area contributed by atoms with Crippen LogP contribution < -0.4 is 0 Å². The Balaban J connectivity index is 1.79. The highest BCUT2D eigenvalue weighted by Crippen LogP contribution is 2.46. The average molecular weight is 460 g/mol. The molecule has 0 radical (unpaired) electrons. The number of hydrogen-bond acceptors (Lipinski definition) is 7. The Bertz CT molecular complexity index is 1370. The number of esters is 1. The molecule has 1 fully saturated rings. The van der Waals surface area contributed by atoms with Crippen LogP contribution in [0.1, 0.15) is 34.5 Å². The Morgan fingerprint density at radius 3 is 2.38 bits per heavy atom. The Morgan fingerprint density at radius 2 is 1.74 bits per heavy atom. The molecule has 1 saturated heterocycles. The number of pyridine rings is 1. The maximum Gasteiger partial charge on any atom is 0.341 e. The normalized spacial score (nSPS) is 15.5. The van der Waals surface area contributed by atoms with E-state index >= 15 is 0 Å². The number of methoxy groups -OCH3 is 1. The summed E-state index contributed by atoms with van der Waals surface area (Å²) in [4.78, 5) is 32.8. The van der Waals surface area contributed by atoms with Gasteiger partial charge >= 0.3 is 5.97 Å². The first kappa shape index (κ1) is 21.9. The van der Waals surface area contributed by atoms with Crippen LogP contribution in [0, 0.1) is 0 Å². The molecule has 0 spiro atoms. The van der Waals surface area contributed by atoms with Crippen molar-refractivity contribution in [1.82, 2.24) is 14.8 Å². The summed E-state index contributed by atoms with van der Waals surface area (Å²) in [5.41, 5.74) is 2.26. The van der Waals surface area contributed by atoms with E-state index in [9.17, 15) is 14.7 Å². The molecule has 1 aliphatic heterocycles. The predicted octanol–water partition coefficient (Wildman–Crippen LogP) is 3.73. The molecule has 8 heteroatoms. The minimum atomic E-state index is -0.537. The van der Waals surface area contributed by atoms with Crippen molar-refractivity contribution in [3.8, 4) is 5.75 Å². The summed E-state index contributed by atoms with van der Waals surface area (Å²) < 4.78 is 10.9. The highest BCUT2D eigenvalue weighted by molar-refractivity contribution is 6.16. The third kappa shape index (κ3) is 3.56. The van der Waals surface area contributed by atoms with Crippen molar-refractivity contribution in [3.05, 3.63) is 71.7 Å². The molecule has 3 heterocycles. The number of ether oxygens (including phenoxy) is 1. The second kappa shape index (κ2) is 8.79. The minimum Gasteiger partial charge on any atom is -0.507 e. The Labute approximate surface area is 196 Å². The summed E-state index contributed by atoms with van der Waals surface area (Å²) in [6, 6.07) is 10.8. The second-order valence-corrected chi connectivity index (χ2v) is 8.38. The monoisotopic (exact) mass is 459 g/mol. The van der Waals surface area contributed by atoms with E-state index in [1.54, 1.807) is 19.3 Å². The fourth-order valence-electron chi connectivity index (χ4n) is 4.90. The van der Waals surface area contributed by atoms with Gasteiger partial charge in [-0.2, -0.15) is 0 Å². The topological polar surface area (TPSA) is 96.1 Å². The van der Waals surface area contributed by atoms with Crippen molar-refractivity contribution in [2.45, 2.75) is 13.0 Å². The van der Waals surface area contributed by atoms with Crippen LogP contribution >= 0.6 is 0 Å². The number of hydrogen-bond donors (Lipinski definition) is 1. The number of nitrogens with zero attached hydrogens (tertiary/aromatic N) is 3. The quantitative estimate of drug-likeness (QED) is 0.465.